The van der Waals surface area contributed by atoms with E-state index < -0.39 is 0 Å². The lowest BCUT2D eigenvalue weighted by Crippen LogP contribution is -2.06. The van der Waals surface area contributed by atoms with Gasteiger partial charge in [-0.15, -0.1) is 0 Å². The van der Waals surface area contributed by atoms with Gasteiger partial charge in [-0.05, 0) is 71.7 Å². The second kappa shape index (κ2) is 7.36. The van der Waals surface area contributed by atoms with Gasteiger partial charge in [-0.2, -0.15) is 0 Å². The molecule has 2 rings (SSSR count). The fourth-order valence-corrected chi connectivity index (χ4v) is 2.44. The quantitative estimate of drug-likeness (QED) is 0.807. The summed E-state index contributed by atoms with van der Waals surface area (Å²) in [5, 5.41) is 3.38. The lowest BCUT2D eigenvalue weighted by Gasteiger charge is -2.13. The third kappa shape index (κ3) is 4.67. The van der Waals surface area contributed by atoms with Crippen LogP contribution in [0.3, 0.4) is 0 Å². The van der Waals surface area contributed by atoms with Gasteiger partial charge in [0.2, 0.25) is 0 Å². The molecule has 0 fully saturated rings. The van der Waals surface area contributed by atoms with Crippen LogP contribution in [0.4, 0.5) is 5.69 Å². The molecule has 0 saturated carbocycles. The number of methoxy groups -OCH3 is 1. The van der Waals surface area contributed by atoms with Gasteiger partial charge in [0.05, 0.1) is 17.7 Å². The van der Waals surface area contributed by atoms with Crippen molar-refractivity contribution in [2.45, 2.75) is 26.5 Å². The summed E-state index contributed by atoms with van der Waals surface area (Å²) in [6.45, 7) is 4.80. The fraction of sp³-hybridized carbons (Fsp3) is 0.294. The van der Waals surface area contributed by atoms with Gasteiger partial charge in [0.1, 0.15) is 11.5 Å². The van der Waals surface area contributed by atoms with Crippen LogP contribution in [-0.2, 0) is 6.54 Å². The summed E-state index contributed by atoms with van der Waals surface area (Å²) in [6.07, 6.45) is 0.171. The van der Waals surface area contributed by atoms with E-state index in [1.165, 1.54) is 5.56 Å². The van der Waals surface area contributed by atoms with E-state index in [-0.39, 0.29) is 6.10 Å². The summed E-state index contributed by atoms with van der Waals surface area (Å²) in [4.78, 5) is 0. The standard InChI is InChI=1S/C17H20BrNO2/c1-12(2)21-17-9-4-13(10-16(17)18)11-19-14-5-7-15(20-3)8-6-14/h4-10,12,19H,11H2,1-3H3. The molecular weight excluding hydrogens is 330 g/mol. The average Bonchev–Trinajstić information content (AvgIpc) is 2.48. The van der Waals surface area contributed by atoms with Crippen molar-refractivity contribution < 1.29 is 9.47 Å². The van der Waals surface area contributed by atoms with Crippen LogP contribution in [0.25, 0.3) is 0 Å². The zero-order chi connectivity index (χ0) is 15.2. The highest BCUT2D eigenvalue weighted by molar-refractivity contribution is 9.10. The predicted octanol–water partition coefficient (Wildman–Crippen LogP) is 4.86. The van der Waals surface area contributed by atoms with Crippen LogP contribution in [0.5, 0.6) is 11.5 Å². The topological polar surface area (TPSA) is 30.5 Å². The summed E-state index contributed by atoms with van der Waals surface area (Å²) in [5.41, 5.74) is 2.25. The zero-order valence-corrected chi connectivity index (χ0v) is 14.1. The first-order chi connectivity index (χ1) is 10.1. The van der Waals surface area contributed by atoms with Crippen molar-refractivity contribution in [3.63, 3.8) is 0 Å². The van der Waals surface area contributed by atoms with E-state index in [0.29, 0.717) is 0 Å². The summed E-state index contributed by atoms with van der Waals surface area (Å²) >= 11 is 3.55. The van der Waals surface area contributed by atoms with Gasteiger partial charge in [-0.3, -0.25) is 0 Å². The second-order valence-electron chi connectivity index (χ2n) is 5.01. The lowest BCUT2D eigenvalue weighted by molar-refractivity contribution is 0.241. The molecule has 1 N–H and O–H groups in total. The number of benzene rings is 2. The lowest BCUT2D eigenvalue weighted by atomic mass is 10.2. The van der Waals surface area contributed by atoms with Gasteiger partial charge >= 0.3 is 0 Å². The summed E-state index contributed by atoms with van der Waals surface area (Å²) in [5.74, 6) is 1.73. The van der Waals surface area contributed by atoms with E-state index in [2.05, 4.69) is 33.4 Å². The smallest absolute Gasteiger partial charge is 0.133 e. The van der Waals surface area contributed by atoms with Gasteiger partial charge < -0.3 is 14.8 Å². The number of anilines is 1. The highest BCUT2D eigenvalue weighted by Crippen LogP contribution is 2.27. The minimum Gasteiger partial charge on any atom is -0.497 e. The molecule has 0 heterocycles. The van der Waals surface area contributed by atoms with E-state index in [1.807, 2.05) is 44.2 Å². The molecule has 3 nitrogen and oxygen atoms in total. The Morgan fingerprint density at radius 2 is 1.81 bits per heavy atom. The van der Waals surface area contributed by atoms with Crippen LogP contribution in [0.15, 0.2) is 46.9 Å². The Hall–Kier alpha value is -1.68. The molecule has 0 amide bonds. The molecule has 4 heteroatoms. The van der Waals surface area contributed by atoms with Gasteiger partial charge in [0, 0.05) is 12.2 Å². The first-order valence-electron chi connectivity index (χ1n) is 6.91. The number of rotatable bonds is 6. The van der Waals surface area contributed by atoms with Crippen LogP contribution >= 0.6 is 15.9 Å². The maximum Gasteiger partial charge on any atom is 0.133 e. The molecule has 0 aliphatic carbocycles. The number of hydrogen-bond donors (Lipinski definition) is 1. The van der Waals surface area contributed by atoms with Crippen LogP contribution in [0, 0.1) is 0 Å². The SMILES string of the molecule is COc1ccc(NCc2ccc(OC(C)C)c(Br)c2)cc1. The van der Waals surface area contributed by atoms with E-state index in [9.17, 15) is 0 Å². The predicted molar refractivity (Wildman–Crippen MR) is 90.2 cm³/mol. The molecule has 0 spiro atoms. The number of ether oxygens (including phenoxy) is 2. The molecule has 112 valence electrons. The fourth-order valence-electron chi connectivity index (χ4n) is 1.92. The Balaban J connectivity index is 1.98. The maximum atomic E-state index is 5.71. The number of hydrogen-bond acceptors (Lipinski definition) is 3. The molecule has 0 radical (unpaired) electrons. The van der Waals surface area contributed by atoms with Crippen LogP contribution < -0.4 is 14.8 Å². The molecule has 0 bridgehead atoms. The molecule has 2 aromatic rings. The van der Waals surface area contributed by atoms with Crippen LogP contribution in [0.1, 0.15) is 19.4 Å². The summed E-state index contributed by atoms with van der Waals surface area (Å²) < 4.78 is 11.8. The van der Waals surface area contributed by atoms with Crippen molar-refractivity contribution in [2.24, 2.45) is 0 Å². The molecule has 0 atom stereocenters. The van der Waals surface area contributed by atoms with Crippen molar-refractivity contribution in [3.8, 4) is 11.5 Å². The largest absolute Gasteiger partial charge is 0.497 e. The first kappa shape index (κ1) is 15.7. The van der Waals surface area contributed by atoms with Gasteiger partial charge in [0.15, 0.2) is 0 Å². The normalized spacial score (nSPS) is 10.5. The summed E-state index contributed by atoms with van der Waals surface area (Å²) in [7, 11) is 1.67. The number of halogens is 1. The highest BCUT2D eigenvalue weighted by atomic mass is 79.9. The molecule has 0 saturated heterocycles. The monoisotopic (exact) mass is 349 g/mol. The molecule has 2 aromatic carbocycles. The minimum atomic E-state index is 0.171. The summed E-state index contributed by atoms with van der Waals surface area (Å²) in [6, 6.07) is 14.0. The zero-order valence-electron chi connectivity index (χ0n) is 12.5. The number of nitrogens with one attached hydrogen (secondary N) is 1. The molecule has 0 aromatic heterocycles. The first-order valence-corrected chi connectivity index (χ1v) is 7.71. The highest BCUT2D eigenvalue weighted by Gasteiger charge is 2.04. The van der Waals surface area contributed by atoms with Gasteiger partial charge in [0.25, 0.3) is 0 Å². The molecule has 0 unspecified atom stereocenters. The Morgan fingerprint density at radius 3 is 2.38 bits per heavy atom. The van der Waals surface area contributed by atoms with Crippen molar-refractivity contribution in [3.05, 3.63) is 52.5 Å². The van der Waals surface area contributed by atoms with E-state index >= 15 is 0 Å². The molecule has 0 aliphatic heterocycles. The Bertz CT molecular complexity index is 582. The Labute approximate surface area is 134 Å². The van der Waals surface area contributed by atoms with Gasteiger partial charge in [-0.1, -0.05) is 6.07 Å². The second-order valence-corrected chi connectivity index (χ2v) is 5.87. The third-order valence-corrected chi connectivity index (χ3v) is 3.57. The Kier molecular flexibility index (Phi) is 5.51. The van der Waals surface area contributed by atoms with Crippen LogP contribution in [0.2, 0.25) is 0 Å². The maximum absolute atomic E-state index is 5.71. The average molecular weight is 350 g/mol. The van der Waals surface area contributed by atoms with Crippen molar-refractivity contribution in [2.75, 3.05) is 12.4 Å². The molecular formula is C17H20BrNO2. The Morgan fingerprint density at radius 1 is 1.10 bits per heavy atom. The van der Waals surface area contributed by atoms with Crippen molar-refractivity contribution in [1.82, 2.24) is 0 Å². The molecule has 21 heavy (non-hydrogen) atoms. The third-order valence-electron chi connectivity index (χ3n) is 2.95. The van der Waals surface area contributed by atoms with E-state index in [1.54, 1.807) is 7.11 Å². The molecule has 0 aliphatic rings. The van der Waals surface area contributed by atoms with Crippen LogP contribution in [-0.4, -0.2) is 13.2 Å². The van der Waals surface area contributed by atoms with E-state index in [0.717, 1.165) is 28.2 Å². The minimum absolute atomic E-state index is 0.171. The van der Waals surface area contributed by atoms with Crippen molar-refractivity contribution in [1.29, 1.82) is 0 Å². The van der Waals surface area contributed by atoms with Crippen molar-refractivity contribution >= 4 is 21.6 Å². The van der Waals surface area contributed by atoms with Gasteiger partial charge in [-0.25, -0.2) is 0 Å². The van der Waals surface area contributed by atoms with E-state index in [4.69, 9.17) is 9.47 Å².